The maximum atomic E-state index is 11.9. The lowest BCUT2D eigenvalue weighted by molar-refractivity contribution is -0.132. The lowest BCUT2D eigenvalue weighted by Crippen LogP contribution is -2.47. The number of aliphatic hydroxyl groups excluding tert-OH is 1. The van der Waals surface area contributed by atoms with E-state index in [4.69, 9.17) is 10.4 Å². The van der Waals surface area contributed by atoms with Crippen LogP contribution in [0.15, 0.2) is 0 Å². The molecule has 0 aromatic heterocycles. The van der Waals surface area contributed by atoms with Crippen LogP contribution in [0.25, 0.3) is 0 Å². The molecular formula is C9H12F2N2O2. The highest BCUT2D eigenvalue weighted by Gasteiger charge is 2.44. The second-order valence-corrected chi connectivity index (χ2v) is 3.66. The van der Waals surface area contributed by atoms with Gasteiger partial charge in [-0.25, -0.2) is 8.78 Å². The standard InChI is InChI=1S/C9H12F2N2O2/c10-7(11)6(14)4-13-8(15)9(5-12)2-1-3-9/h6-7,14H,1-4H2,(H,13,15). The van der Waals surface area contributed by atoms with E-state index in [-0.39, 0.29) is 0 Å². The van der Waals surface area contributed by atoms with Crippen molar-refractivity contribution in [2.75, 3.05) is 6.54 Å². The predicted octanol–water partition coefficient (Wildman–Crippen LogP) is 0.422. The Hall–Kier alpha value is -1.22. The fourth-order valence-electron chi connectivity index (χ4n) is 1.38. The molecule has 1 fully saturated rings. The summed E-state index contributed by atoms with van der Waals surface area (Å²) in [6.07, 6.45) is -3.05. The van der Waals surface area contributed by atoms with Gasteiger partial charge in [0.2, 0.25) is 5.91 Å². The average Bonchev–Trinajstić information content (AvgIpc) is 2.13. The lowest BCUT2D eigenvalue weighted by atomic mass is 9.69. The zero-order valence-electron chi connectivity index (χ0n) is 8.04. The molecule has 1 atom stereocenters. The van der Waals surface area contributed by atoms with E-state index in [1.54, 1.807) is 0 Å². The molecule has 0 aliphatic heterocycles. The summed E-state index contributed by atoms with van der Waals surface area (Å²) in [5, 5.41) is 19.7. The van der Waals surface area contributed by atoms with Crippen LogP contribution in [0.2, 0.25) is 0 Å². The number of amides is 1. The van der Waals surface area contributed by atoms with Crippen molar-refractivity contribution in [3.8, 4) is 6.07 Å². The van der Waals surface area contributed by atoms with Gasteiger partial charge in [-0.3, -0.25) is 4.79 Å². The first-order valence-corrected chi connectivity index (χ1v) is 4.67. The molecule has 1 amide bonds. The third kappa shape index (κ3) is 2.42. The molecule has 6 heteroatoms. The van der Waals surface area contributed by atoms with Crippen molar-refractivity contribution in [2.45, 2.75) is 31.8 Å². The summed E-state index contributed by atoms with van der Waals surface area (Å²) in [7, 11) is 0. The number of nitriles is 1. The number of carbonyl (C=O) groups is 1. The SMILES string of the molecule is N#CC1(C(=O)NCC(O)C(F)F)CCC1. The van der Waals surface area contributed by atoms with Gasteiger partial charge in [0.25, 0.3) is 6.43 Å². The highest BCUT2D eigenvalue weighted by Crippen LogP contribution is 2.40. The number of nitrogens with zero attached hydrogens (tertiary/aromatic N) is 1. The number of rotatable bonds is 4. The zero-order valence-corrected chi connectivity index (χ0v) is 8.04. The van der Waals surface area contributed by atoms with Gasteiger partial charge < -0.3 is 10.4 Å². The van der Waals surface area contributed by atoms with Crippen LogP contribution in [0.4, 0.5) is 8.78 Å². The fraction of sp³-hybridized carbons (Fsp3) is 0.778. The van der Waals surface area contributed by atoms with Crippen LogP contribution < -0.4 is 5.32 Å². The predicted molar refractivity (Wildman–Crippen MR) is 46.9 cm³/mol. The van der Waals surface area contributed by atoms with Crippen molar-refractivity contribution < 1.29 is 18.7 Å². The number of nitrogens with one attached hydrogen (secondary N) is 1. The summed E-state index contributed by atoms with van der Waals surface area (Å²) < 4.78 is 23.8. The molecule has 2 N–H and O–H groups in total. The van der Waals surface area contributed by atoms with E-state index in [9.17, 15) is 13.6 Å². The maximum Gasteiger partial charge on any atom is 0.265 e. The number of hydrogen-bond donors (Lipinski definition) is 2. The van der Waals surface area contributed by atoms with Crippen LogP contribution in [-0.2, 0) is 4.79 Å². The highest BCUT2D eigenvalue weighted by atomic mass is 19.3. The number of carbonyl (C=O) groups excluding carboxylic acids is 1. The van der Waals surface area contributed by atoms with Crippen molar-refractivity contribution in [2.24, 2.45) is 5.41 Å². The largest absolute Gasteiger partial charge is 0.385 e. The summed E-state index contributed by atoms with van der Waals surface area (Å²) in [5.41, 5.74) is -1.05. The number of halogens is 2. The van der Waals surface area contributed by atoms with Crippen molar-refractivity contribution in [1.82, 2.24) is 5.32 Å². The Morgan fingerprint density at radius 1 is 1.60 bits per heavy atom. The molecule has 0 aromatic rings. The zero-order chi connectivity index (χ0) is 11.5. The Labute approximate surface area is 85.9 Å². The van der Waals surface area contributed by atoms with Gasteiger partial charge in [-0.15, -0.1) is 0 Å². The third-order valence-corrected chi connectivity index (χ3v) is 2.62. The number of alkyl halides is 2. The van der Waals surface area contributed by atoms with E-state index in [0.29, 0.717) is 12.8 Å². The minimum atomic E-state index is -2.88. The molecule has 15 heavy (non-hydrogen) atoms. The summed E-state index contributed by atoms with van der Waals surface area (Å²) in [6.45, 7) is -0.514. The fourth-order valence-corrected chi connectivity index (χ4v) is 1.38. The second-order valence-electron chi connectivity index (χ2n) is 3.66. The Kier molecular flexibility index (Phi) is 3.58. The van der Waals surface area contributed by atoms with Gasteiger partial charge in [0.15, 0.2) is 0 Å². The molecule has 1 unspecified atom stereocenters. The van der Waals surface area contributed by atoms with E-state index < -0.39 is 30.4 Å². The van der Waals surface area contributed by atoms with E-state index in [0.717, 1.165) is 6.42 Å². The van der Waals surface area contributed by atoms with E-state index in [1.807, 2.05) is 6.07 Å². The van der Waals surface area contributed by atoms with Crippen molar-refractivity contribution >= 4 is 5.91 Å². The highest BCUT2D eigenvalue weighted by molar-refractivity contribution is 5.86. The Bertz CT molecular complexity index is 284. The first kappa shape index (κ1) is 11.9. The Morgan fingerprint density at radius 3 is 2.53 bits per heavy atom. The molecule has 1 aliphatic rings. The van der Waals surface area contributed by atoms with Gasteiger partial charge in [-0.1, -0.05) is 0 Å². The van der Waals surface area contributed by atoms with Gasteiger partial charge in [0.1, 0.15) is 11.5 Å². The van der Waals surface area contributed by atoms with Crippen LogP contribution in [0.5, 0.6) is 0 Å². The molecule has 0 bridgehead atoms. The quantitative estimate of drug-likeness (QED) is 0.718. The molecule has 84 valence electrons. The van der Waals surface area contributed by atoms with Gasteiger partial charge in [0.05, 0.1) is 6.07 Å². The van der Waals surface area contributed by atoms with Crippen molar-refractivity contribution in [1.29, 1.82) is 5.26 Å². The number of hydrogen-bond acceptors (Lipinski definition) is 3. The van der Waals surface area contributed by atoms with E-state index in [1.165, 1.54) is 0 Å². The van der Waals surface area contributed by atoms with Crippen LogP contribution in [0, 0.1) is 16.7 Å². The smallest absolute Gasteiger partial charge is 0.265 e. The van der Waals surface area contributed by atoms with Crippen molar-refractivity contribution in [3.63, 3.8) is 0 Å². The average molecular weight is 218 g/mol. The van der Waals surface area contributed by atoms with Crippen LogP contribution in [0.1, 0.15) is 19.3 Å². The van der Waals surface area contributed by atoms with Gasteiger partial charge in [-0.05, 0) is 19.3 Å². The molecule has 0 saturated heterocycles. The minimum Gasteiger partial charge on any atom is -0.385 e. The summed E-state index contributed by atoms with van der Waals surface area (Å²) in [6, 6.07) is 1.89. The van der Waals surface area contributed by atoms with Crippen LogP contribution in [0.3, 0.4) is 0 Å². The first-order valence-electron chi connectivity index (χ1n) is 4.67. The molecule has 1 rings (SSSR count). The van der Waals surface area contributed by atoms with Crippen LogP contribution in [-0.4, -0.2) is 30.1 Å². The Morgan fingerprint density at radius 2 is 2.20 bits per heavy atom. The second kappa shape index (κ2) is 4.53. The molecular weight excluding hydrogens is 206 g/mol. The molecule has 0 spiro atoms. The van der Waals surface area contributed by atoms with Gasteiger partial charge >= 0.3 is 0 Å². The maximum absolute atomic E-state index is 11.9. The minimum absolute atomic E-state index is 0.458. The molecule has 0 aromatic carbocycles. The summed E-state index contributed by atoms with van der Waals surface area (Å²) in [5.74, 6) is -0.559. The molecule has 1 saturated carbocycles. The van der Waals surface area contributed by atoms with Crippen molar-refractivity contribution in [3.05, 3.63) is 0 Å². The first-order chi connectivity index (χ1) is 7.02. The molecule has 0 heterocycles. The molecule has 0 radical (unpaired) electrons. The summed E-state index contributed by atoms with van der Waals surface area (Å²) in [4.78, 5) is 11.4. The monoisotopic (exact) mass is 218 g/mol. The van der Waals surface area contributed by atoms with E-state index in [2.05, 4.69) is 5.32 Å². The van der Waals surface area contributed by atoms with Gasteiger partial charge in [-0.2, -0.15) is 5.26 Å². The molecule has 1 aliphatic carbocycles. The third-order valence-electron chi connectivity index (χ3n) is 2.62. The normalized spacial score (nSPS) is 20.2. The number of aliphatic hydroxyl groups is 1. The summed E-state index contributed by atoms with van der Waals surface area (Å²) >= 11 is 0. The van der Waals surface area contributed by atoms with E-state index >= 15 is 0 Å². The topological polar surface area (TPSA) is 73.1 Å². The lowest BCUT2D eigenvalue weighted by Gasteiger charge is -2.33. The van der Waals surface area contributed by atoms with Crippen LogP contribution >= 0.6 is 0 Å². The Balaban J connectivity index is 2.40. The molecule has 4 nitrogen and oxygen atoms in total. The van der Waals surface area contributed by atoms with Gasteiger partial charge in [0, 0.05) is 6.54 Å².